The summed E-state index contributed by atoms with van der Waals surface area (Å²) in [5.41, 5.74) is 7.69. The van der Waals surface area contributed by atoms with Gasteiger partial charge in [-0.05, 0) is 29.8 Å². The monoisotopic (exact) mass is 257 g/mol. The van der Waals surface area contributed by atoms with Crippen LogP contribution in [-0.2, 0) is 6.54 Å². The lowest BCUT2D eigenvalue weighted by Gasteiger charge is -2.08. The number of methoxy groups -OCH3 is 1. The van der Waals surface area contributed by atoms with Crippen molar-refractivity contribution in [2.24, 2.45) is 0 Å². The largest absolute Gasteiger partial charge is 0.480 e. The van der Waals surface area contributed by atoms with E-state index in [0.29, 0.717) is 23.7 Å². The van der Waals surface area contributed by atoms with Gasteiger partial charge in [0.1, 0.15) is 5.56 Å². The fourth-order valence-corrected chi connectivity index (χ4v) is 1.64. The van der Waals surface area contributed by atoms with Crippen LogP contribution in [0, 0.1) is 0 Å². The first-order valence-corrected chi connectivity index (χ1v) is 5.82. The third kappa shape index (κ3) is 3.22. The fraction of sp³-hybridized carbons (Fsp3) is 0.143. The van der Waals surface area contributed by atoms with E-state index in [1.165, 1.54) is 7.11 Å². The summed E-state index contributed by atoms with van der Waals surface area (Å²) in [5, 5.41) is 2.81. The average molecular weight is 257 g/mol. The summed E-state index contributed by atoms with van der Waals surface area (Å²) in [7, 11) is 1.49. The van der Waals surface area contributed by atoms with Crippen LogP contribution in [0.1, 0.15) is 15.9 Å². The molecule has 0 atom stereocenters. The van der Waals surface area contributed by atoms with Crippen LogP contribution in [0.4, 0.5) is 5.69 Å². The molecular weight excluding hydrogens is 242 g/mol. The van der Waals surface area contributed by atoms with Gasteiger partial charge in [0, 0.05) is 18.4 Å². The molecule has 0 radical (unpaired) electrons. The summed E-state index contributed by atoms with van der Waals surface area (Å²) in [6.45, 7) is 0.428. The molecule has 5 heteroatoms. The molecule has 2 aromatic rings. The van der Waals surface area contributed by atoms with Crippen LogP contribution in [-0.4, -0.2) is 18.0 Å². The quantitative estimate of drug-likeness (QED) is 0.816. The van der Waals surface area contributed by atoms with Crippen molar-refractivity contribution in [1.82, 2.24) is 10.3 Å². The second-order valence-electron chi connectivity index (χ2n) is 3.98. The van der Waals surface area contributed by atoms with E-state index in [1.807, 2.05) is 12.1 Å². The topological polar surface area (TPSA) is 77.2 Å². The maximum atomic E-state index is 12.0. The number of amides is 1. The predicted molar refractivity (Wildman–Crippen MR) is 72.8 cm³/mol. The molecule has 0 aliphatic heterocycles. The standard InChI is InChI=1S/C14H15N3O2/c1-19-14-12(3-2-8-16-14)13(18)17-9-10-4-6-11(15)7-5-10/h2-8H,9,15H2,1H3,(H,17,18). The van der Waals surface area contributed by atoms with Gasteiger partial charge in [-0.2, -0.15) is 0 Å². The number of nitrogen functional groups attached to an aromatic ring is 1. The van der Waals surface area contributed by atoms with Crippen LogP contribution in [0.2, 0.25) is 0 Å². The number of aromatic nitrogens is 1. The zero-order valence-electron chi connectivity index (χ0n) is 10.6. The van der Waals surface area contributed by atoms with Gasteiger partial charge in [-0.25, -0.2) is 4.98 Å². The molecule has 0 saturated heterocycles. The molecule has 0 aliphatic rings. The van der Waals surface area contributed by atoms with E-state index in [-0.39, 0.29) is 5.91 Å². The van der Waals surface area contributed by atoms with Crippen molar-refractivity contribution in [1.29, 1.82) is 0 Å². The van der Waals surface area contributed by atoms with Gasteiger partial charge in [0.25, 0.3) is 5.91 Å². The minimum Gasteiger partial charge on any atom is -0.480 e. The minimum atomic E-state index is -0.221. The van der Waals surface area contributed by atoms with Crippen molar-refractivity contribution in [3.05, 3.63) is 53.7 Å². The molecule has 1 aromatic carbocycles. The molecule has 3 N–H and O–H groups in total. The van der Waals surface area contributed by atoms with Crippen LogP contribution in [0.5, 0.6) is 5.88 Å². The highest BCUT2D eigenvalue weighted by Crippen LogP contribution is 2.13. The van der Waals surface area contributed by atoms with Gasteiger partial charge < -0.3 is 15.8 Å². The van der Waals surface area contributed by atoms with Crippen molar-refractivity contribution < 1.29 is 9.53 Å². The molecule has 0 aliphatic carbocycles. The molecular formula is C14H15N3O2. The normalized spacial score (nSPS) is 9.95. The molecule has 0 bridgehead atoms. The third-order valence-corrected chi connectivity index (χ3v) is 2.64. The summed E-state index contributed by atoms with van der Waals surface area (Å²) >= 11 is 0. The fourth-order valence-electron chi connectivity index (χ4n) is 1.64. The lowest BCUT2D eigenvalue weighted by atomic mass is 10.2. The van der Waals surface area contributed by atoms with Gasteiger partial charge in [-0.3, -0.25) is 4.79 Å². The molecule has 0 unspecified atom stereocenters. The number of nitrogens with one attached hydrogen (secondary N) is 1. The van der Waals surface area contributed by atoms with E-state index in [1.54, 1.807) is 30.5 Å². The van der Waals surface area contributed by atoms with E-state index in [2.05, 4.69) is 10.3 Å². The number of pyridine rings is 1. The maximum Gasteiger partial charge on any atom is 0.257 e. The zero-order chi connectivity index (χ0) is 13.7. The van der Waals surface area contributed by atoms with Gasteiger partial charge in [0.05, 0.1) is 7.11 Å². The smallest absolute Gasteiger partial charge is 0.257 e. The number of anilines is 1. The lowest BCUT2D eigenvalue weighted by molar-refractivity contribution is 0.0947. The molecule has 98 valence electrons. The molecule has 0 saturated carbocycles. The van der Waals surface area contributed by atoms with E-state index >= 15 is 0 Å². The Morgan fingerprint density at radius 2 is 2.05 bits per heavy atom. The van der Waals surface area contributed by atoms with Gasteiger partial charge in [-0.15, -0.1) is 0 Å². The summed E-state index contributed by atoms with van der Waals surface area (Å²) in [6, 6.07) is 10.7. The summed E-state index contributed by atoms with van der Waals surface area (Å²) < 4.78 is 5.05. The van der Waals surface area contributed by atoms with Crippen LogP contribution in [0.3, 0.4) is 0 Å². The van der Waals surface area contributed by atoms with Gasteiger partial charge >= 0.3 is 0 Å². The summed E-state index contributed by atoms with van der Waals surface area (Å²) in [6.07, 6.45) is 1.58. The highest BCUT2D eigenvalue weighted by molar-refractivity contribution is 5.96. The maximum absolute atomic E-state index is 12.0. The molecule has 0 fully saturated rings. The number of nitrogens with zero attached hydrogens (tertiary/aromatic N) is 1. The molecule has 2 rings (SSSR count). The van der Waals surface area contributed by atoms with Crippen molar-refractivity contribution in [2.45, 2.75) is 6.54 Å². The van der Waals surface area contributed by atoms with Gasteiger partial charge in [0.15, 0.2) is 0 Å². The number of hydrogen-bond acceptors (Lipinski definition) is 4. The lowest BCUT2D eigenvalue weighted by Crippen LogP contribution is -2.23. The Kier molecular flexibility index (Phi) is 3.97. The summed E-state index contributed by atoms with van der Waals surface area (Å²) in [5.74, 6) is 0.0964. The highest BCUT2D eigenvalue weighted by Gasteiger charge is 2.11. The van der Waals surface area contributed by atoms with Crippen LogP contribution in [0.25, 0.3) is 0 Å². The second kappa shape index (κ2) is 5.86. The summed E-state index contributed by atoms with van der Waals surface area (Å²) in [4.78, 5) is 16.0. The minimum absolute atomic E-state index is 0.221. The number of benzene rings is 1. The third-order valence-electron chi connectivity index (χ3n) is 2.64. The van der Waals surface area contributed by atoms with Crippen molar-refractivity contribution in [2.75, 3.05) is 12.8 Å². The first kappa shape index (κ1) is 12.9. The number of nitrogens with two attached hydrogens (primary N) is 1. The predicted octanol–water partition coefficient (Wildman–Crippen LogP) is 1.60. The van der Waals surface area contributed by atoms with Crippen LogP contribution >= 0.6 is 0 Å². The van der Waals surface area contributed by atoms with E-state index in [0.717, 1.165) is 5.56 Å². The van der Waals surface area contributed by atoms with Gasteiger partial charge in [0.2, 0.25) is 5.88 Å². The Hall–Kier alpha value is -2.56. The number of carbonyl (C=O) groups is 1. The molecule has 5 nitrogen and oxygen atoms in total. The Morgan fingerprint density at radius 3 is 2.74 bits per heavy atom. The van der Waals surface area contributed by atoms with E-state index in [4.69, 9.17) is 10.5 Å². The number of carbonyl (C=O) groups excluding carboxylic acids is 1. The highest BCUT2D eigenvalue weighted by atomic mass is 16.5. The Balaban J connectivity index is 2.03. The Labute approximate surface area is 111 Å². The SMILES string of the molecule is COc1ncccc1C(=O)NCc1ccc(N)cc1. The van der Waals surface area contributed by atoms with Gasteiger partial charge in [-0.1, -0.05) is 12.1 Å². The van der Waals surface area contributed by atoms with Crippen LogP contribution in [0.15, 0.2) is 42.6 Å². The molecule has 1 amide bonds. The van der Waals surface area contributed by atoms with Crippen LogP contribution < -0.4 is 15.8 Å². The number of hydrogen-bond donors (Lipinski definition) is 2. The zero-order valence-corrected chi connectivity index (χ0v) is 10.6. The second-order valence-corrected chi connectivity index (χ2v) is 3.98. The molecule has 19 heavy (non-hydrogen) atoms. The van der Waals surface area contributed by atoms with E-state index in [9.17, 15) is 4.79 Å². The van der Waals surface area contributed by atoms with E-state index < -0.39 is 0 Å². The van der Waals surface area contributed by atoms with Crippen molar-refractivity contribution in [3.8, 4) is 5.88 Å². The average Bonchev–Trinajstić information content (AvgIpc) is 2.46. The number of ether oxygens (including phenoxy) is 1. The molecule has 0 spiro atoms. The Bertz CT molecular complexity index is 567. The van der Waals surface area contributed by atoms with Crippen molar-refractivity contribution >= 4 is 11.6 Å². The first-order chi connectivity index (χ1) is 9.20. The number of rotatable bonds is 4. The molecule has 1 aromatic heterocycles. The first-order valence-electron chi connectivity index (χ1n) is 5.82. The Morgan fingerprint density at radius 1 is 1.32 bits per heavy atom. The van der Waals surface area contributed by atoms with Crippen molar-refractivity contribution in [3.63, 3.8) is 0 Å². The molecule has 1 heterocycles.